The van der Waals surface area contributed by atoms with Gasteiger partial charge >= 0.3 is 0 Å². The fraction of sp³-hybridized carbons (Fsp3) is 0.480. The first-order chi connectivity index (χ1) is 14.1. The first-order valence-corrected chi connectivity index (χ1v) is 10.9. The number of carbonyl (C=O) groups excluding carboxylic acids is 1. The Hall–Kier alpha value is -2.33. The highest BCUT2D eigenvalue weighted by Crippen LogP contribution is 2.24. The van der Waals surface area contributed by atoms with Gasteiger partial charge in [-0.15, -0.1) is 0 Å². The van der Waals surface area contributed by atoms with Crippen molar-refractivity contribution in [3.63, 3.8) is 0 Å². The average Bonchev–Trinajstić information content (AvgIpc) is 3.01. The van der Waals surface area contributed by atoms with E-state index in [-0.39, 0.29) is 11.9 Å². The smallest absolute Gasteiger partial charge is 0.251 e. The maximum Gasteiger partial charge on any atom is 0.251 e. The van der Waals surface area contributed by atoms with Crippen molar-refractivity contribution >= 4 is 5.91 Å². The van der Waals surface area contributed by atoms with E-state index in [1.807, 2.05) is 31.2 Å². The van der Waals surface area contributed by atoms with Crippen LogP contribution in [0.2, 0.25) is 0 Å². The van der Waals surface area contributed by atoms with Crippen LogP contribution in [-0.2, 0) is 6.54 Å². The first kappa shape index (κ1) is 21.4. The Morgan fingerprint density at radius 1 is 1.07 bits per heavy atom. The molecule has 29 heavy (non-hydrogen) atoms. The molecule has 0 aromatic heterocycles. The Labute approximate surface area is 175 Å². The Kier molecular flexibility index (Phi) is 7.70. The van der Waals surface area contributed by atoms with Crippen LogP contribution < -0.4 is 10.1 Å². The fourth-order valence-corrected chi connectivity index (χ4v) is 4.10. The van der Waals surface area contributed by atoms with Crippen LogP contribution in [0.1, 0.15) is 72.1 Å². The van der Waals surface area contributed by atoms with Crippen LogP contribution in [0.5, 0.6) is 5.75 Å². The van der Waals surface area contributed by atoms with Gasteiger partial charge in [0.25, 0.3) is 5.91 Å². The van der Waals surface area contributed by atoms with Gasteiger partial charge in [0.1, 0.15) is 5.75 Å². The highest BCUT2D eigenvalue weighted by atomic mass is 16.5. The topological polar surface area (TPSA) is 41.6 Å². The zero-order valence-corrected chi connectivity index (χ0v) is 18.0. The van der Waals surface area contributed by atoms with Gasteiger partial charge in [-0.3, -0.25) is 9.69 Å². The summed E-state index contributed by atoms with van der Waals surface area (Å²) < 4.78 is 5.35. The number of amides is 1. The summed E-state index contributed by atoms with van der Waals surface area (Å²) in [5.74, 6) is 0.849. The van der Waals surface area contributed by atoms with Gasteiger partial charge in [-0.25, -0.2) is 0 Å². The summed E-state index contributed by atoms with van der Waals surface area (Å²) in [6.07, 6.45) is 6.13. The molecule has 1 N–H and O–H groups in total. The molecule has 0 spiro atoms. The molecular weight excluding hydrogens is 360 g/mol. The van der Waals surface area contributed by atoms with Crippen LogP contribution in [0, 0.1) is 6.92 Å². The zero-order valence-electron chi connectivity index (χ0n) is 18.0. The Balaban J connectivity index is 1.62. The molecule has 1 atom stereocenters. The van der Waals surface area contributed by atoms with Gasteiger partial charge < -0.3 is 10.1 Å². The zero-order chi connectivity index (χ0) is 20.6. The van der Waals surface area contributed by atoms with Gasteiger partial charge in [0.05, 0.1) is 13.2 Å². The van der Waals surface area contributed by atoms with Gasteiger partial charge in [0.2, 0.25) is 0 Å². The second-order valence-electron chi connectivity index (χ2n) is 8.05. The molecule has 1 saturated heterocycles. The molecule has 2 aromatic carbocycles. The molecule has 1 aliphatic heterocycles. The predicted octanol–water partition coefficient (Wildman–Crippen LogP) is 5.26. The number of aryl methyl sites for hydroxylation is 1. The SMILES string of the molecule is CCC(NC(=O)c1ccc(CN2CCCCCC2)cc1)c1ccc(OC)c(C)c1. The third-order valence-electron chi connectivity index (χ3n) is 5.86. The van der Waals surface area contributed by atoms with Crippen LogP contribution >= 0.6 is 0 Å². The fourth-order valence-electron chi connectivity index (χ4n) is 4.10. The monoisotopic (exact) mass is 394 g/mol. The summed E-state index contributed by atoms with van der Waals surface area (Å²) in [6.45, 7) is 7.46. The van der Waals surface area contributed by atoms with Gasteiger partial charge in [-0.2, -0.15) is 0 Å². The third-order valence-corrected chi connectivity index (χ3v) is 5.86. The molecule has 3 rings (SSSR count). The first-order valence-electron chi connectivity index (χ1n) is 10.9. The number of likely N-dealkylation sites (tertiary alicyclic amines) is 1. The van der Waals surface area contributed by atoms with E-state index in [4.69, 9.17) is 4.74 Å². The molecular formula is C25H34N2O2. The van der Waals surface area contributed by atoms with E-state index in [9.17, 15) is 4.79 Å². The van der Waals surface area contributed by atoms with E-state index in [1.54, 1.807) is 7.11 Å². The molecule has 1 heterocycles. The molecule has 2 aromatic rings. The lowest BCUT2D eigenvalue weighted by molar-refractivity contribution is 0.0935. The largest absolute Gasteiger partial charge is 0.496 e. The minimum absolute atomic E-state index is 0.0103. The second-order valence-corrected chi connectivity index (χ2v) is 8.05. The highest BCUT2D eigenvalue weighted by molar-refractivity contribution is 5.94. The third kappa shape index (κ3) is 5.83. The van der Waals surface area contributed by atoms with E-state index in [1.165, 1.54) is 44.3 Å². The molecule has 156 valence electrons. The van der Waals surface area contributed by atoms with Crippen LogP contribution in [0.4, 0.5) is 0 Å². The van der Waals surface area contributed by atoms with Crippen molar-refractivity contribution < 1.29 is 9.53 Å². The van der Waals surface area contributed by atoms with Crippen molar-refractivity contribution in [3.05, 3.63) is 64.7 Å². The lowest BCUT2D eigenvalue weighted by Crippen LogP contribution is -2.28. The summed E-state index contributed by atoms with van der Waals surface area (Å²) in [5, 5.41) is 3.18. The molecule has 0 saturated carbocycles. The van der Waals surface area contributed by atoms with Crippen molar-refractivity contribution in [1.29, 1.82) is 0 Å². The van der Waals surface area contributed by atoms with E-state index in [0.29, 0.717) is 5.56 Å². The van der Waals surface area contributed by atoms with Gasteiger partial charge in [0, 0.05) is 12.1 Å². The van der Waals surface area contributed by atoms with Crippen LogP contribution in [0.15, 0.2) is 42.5 Å². The summed E-state index contributed by atoms with van der Waals surface area (Å²) in [6, 6.07) is 14.2. The molecule has 4 nitrogen and oxygen atoms in total. The van der Waals surface area contributed by atoms with Crippen molar-refractivity contribution in [3.8, 4) is 5.75 Å². The van der Waals surface area contributed by atoms with Crippen LogP contribution in [0.25, 0.3) is 0 Å². The number of rotatable bonds is 7. The summed E-state index contributed by atoms with van der Waals surface area (Å²) >= 11 is 0. The van der Waals surface area contributed by atoms with Gasteiger partial charge in [-0.05, 0) is 74.2 Å². The summed E-state index contributed by atoms with van der Waals surface area (Å²) in [7, 11) is 1.68. The highest BCUT2D eigenvalue weighted by Gasteiger charge is 2.16. The number of nitrogens with one attached hydrogen (secondary N) is 1. The molecule has 0 bridgehead atoms. The quantitative estimate of drug-likeness (QED) is 0.696. The van der Waals surface area contributed by atoms with Gasteiger partial charge in [-0.1, -0.05) is 44.0 Å². The standard InChI is InChI=1S/C25H34N2O2/c1-4-23(22-13-14-24(29-3)19(2)17-22)26-25(28)21-11-9-20(10-12-21)18-27-15-7-5-6-8-16-27/h9-14,17,23H,4-8,15-16,18H2,1-3H3,(H,26,28). The lowest BCUT2D eigenvalue weighted by Gasteiger charge is -2.20. The van der Waals surface area contributed by atoms with Crippen LogP contribution in [0.3, 0.4) is 0 Å². The minimum atomic E-state index is -0.0216. The maximum absolute atomic E-state index is 12.8. The van der Waals surface area contributed by atoms with E-state index < -0.39 is 0 Å². The summed E-state index contributed by atoms with van der Waals surface area (Å²) in [4.78, 5) is 15.3. The summed E-state index contributed by atoms with van der Waals surface area (Å²) in [5.41, 5.74) is 4.18. The molecule has 0 radical (unpaired) electrons. The lowest BCUT2D eigenvalue weighted by atomic mass is 10.0. The Morgan fingerprint density at radius 2 is 1.76 bits per heavy atom. The average molecular weight is 395 g/mol. The van der Waals surface area contributed by atoms with E-state index >= 15 is 0 Å². The second kappa shape index (κ2) is 10.4. The number of hydrogen-bond acceptors (Lipinski definition) is 3. The van der Waals surface area contributed by atoms with Crippen molar-refractivity contribution in [2.45, 2.75) is 58.5 Å². The normalized spacial score (nSPS) is 16.1. The van der Waals surface area contributed by atoms with Gasteiger partial charge in [0.15, 0.2) is 0 Å². The van der Waals surface area contributed by atoms with Crippen molar-refractivity contribution in [2.75, 3.05) is 20.2 Å². The number of carbonyl (C=O) groups is 1. The minimum Gasteiger partial charge on any atom is -0.496 e. The number of methoxy groups -OCH3 is 1. The molecule has 4 heteroatoms. The van der Waals surface area contributed by atoms with Crippen molar-refractivity contribution in [1.82, 2.24) is 10.2 Å². The molecule has 1 aliphatic rings. The van der Waals surface area contributed by atoms with Crippen molar-refractivity contribution in [2.24, 2.45) is 0 Å². The number of hydrogen-bond donors (Lipinski definition) is 1. The number of nitrogens with zero attached hydrogens (tertiary/aromatic N) is 1. The molecule has 0 aliphatic carbocycles. The maximum atomic E-state index is 12.8. The Morgan fingerprint density at radius 3 is 2.34 bits per heavy atom. The Bertz CT molecular complexity index is 793. The predicted molar refractivity (Wildman–Crippen MR) is 118 cm³/mol. The molecule has 1 unspecified atom stereocenters. The number of benzene rings is 2. The van der Waals surface area contributed by atoms with E-state index in [2.05, 4.69) is 35.3 Å². The van der Waals surface area contributed by atoms with E-state index in [0.717, 1.165) is 29.8 Å². The van der Waals surface area contributed by atoms with Crippen LogP contribution in [-0.4, -0.2) is 31.0 Å². The molecule has 1 amide bonds. The molecule has 1 fully saturated rings. The number of ether oxygens (including phenoxy) is 1.